The van der Waals surface area contributed by atoms with Gasteiger partial charge in [-0.25, -0.2) is 0 Å². The van der Waals surface area contributed by atoms with Gasteiger partial charge in [0.25, 0.3) is 0 Å². The van der Waals surface area contributed by atoms with Gasteiger partial charge < -0.3 is 0 Å². The first kappa shape index (κ1) is 15.3. The summed E-state index contributed by atoms with van der Waals surface area (Å²) in [5.41, 5.74) is 0.627. The Morgan fingerprint density at radius 1 is 1.10 bits per heavy atom. The smallest absolute Gasteiger partial charge is 0.197 e. The molecule has 104 valence electrons. The summed E-state index contributed by atoms with van der Waals surface area (Å²) >= 11 is 0. The standard InChI is InChI=1S/C11H8F3N3.CO2/c12-11(13,14)9-4-1-8(2-5-9)3-6-10-7-15-17-16-10;2-1-3/h1-7H,(H,15,16,17);. The minimum Gasteiger partial charge on any atom is -0.197 e. The maximum Gasteiger partial charge on any atom is 0.416 e. The molecule has 1 heterocycles. The van der Waals surface area contributed by atoms with Crippen LogP contribution in [0.1, 0.15) is 16.8 Å². The first-order valence-electron chi connectivity index (χ1n) is 5.17. The molecule has 20 heavy (non-hydrogen) atoms. The Balaban J connectivity index is 0.000000612. The Bertz CT molecular complexity index is 583. The number of carbonyl (C=O) groups excluding carboxylic acids is 2. The van der Waals surface area contributed by atoms with Crippen molar-refractivity contribution in [1.29, 1.82) is 0 Å². The van der Waals surface area contributed by atoms with E-state index >= 15 is 0 Å². The highest BCUT2D eigenvalue weighted by Crippen LogP contribution is 2.29. The maximum atomic E-state index is 12.3. The molecule has 0 saturated carbocycles. The van der Waals surface area contributed by atoms with Gasteiger partial charge in [-0.3, -0.25) is 0 Å². The maximum absolute atomic E-state index is 12.3. The zero-order valence-corrected chi connectivity index (χ0v) is 9.89. The predicted molar refractivity (Wildman–Crippen MR) is 61.8 cm³/mol. The molecule has 0 amide bonds. The minimum atomic E-state index is -4.30. The third-order valence-corrected chi connectivity index (χ3v) is 2.12. The molecule has 0 atom stereocenters. The number of halogens is 3. The Morgan fingerprint density at radius 2 is 1.70 bits per heavy atom. The average molecular weight is 283 g/mol. The Morgan fingerprint density at radius 3 is 2.15 bits per heavy atom. The highest BCUT2D eigenvalue weighted by Gasteiger charge is 2.29. The van der Waals surface area contributed by atoms with Gasteiger partial charge in [0.2, 0.25) is 0 Å². The lowest BCUT2D eigenvalue weighted by molar-refractivity contribution is -0.191. The lowest BCUT2D eigenvalue weighted by Crippen LogP contribution is -2.03. The number of nitrogens with zero attached hydrogens (tertiary/aromatic N) is 2. The summed E-state index contributed by atoms with van der Waals surface area (Å²) in [5, 5.41) is 9.82. The molecule has 0 aliphatic heterocycles. The number of H-pyrrole nitrogens is 1. The van der Waals surface area contributed by atoms with Gasteiger partial charge in [0.05, 0.1) is 11.8 Å². The van der Waals surface area contributed by atoms with Crippen LogP contribution in [0.2, 0.25) is 0 Å². The lowest BCUT2D eigenvalue weighted by atomic mass is 10.1. The van der Waals surface area contributed by atoms with E-state index in [0.717, 1.165) is 12.1 Å². The van der Waals surface area contributed by atoms with Crippen LogP contribution in [0.25, 0.3) is 12.2 Å². The van der Waals surface area contributed by atoms with E-state index in [1.807, 2.05) is 0 Å². The van der Waals surface area contributed by atoms with Crippen molar-refractivity contribution in [2.45, 2.75) is 6.18 Å². The van der Waals surface area contributed by atoms with Crippen molar-refractivity contribution in [3.8, 4) is 0 Å². The molecule has 0 aliphatic rings. The fourth-order valence-corrected chi connectivity index (χ4v) is 1.26. The van der Waals surface area contributed by atoms with Crippen LogP contribution in [0.3, 0.4) is 0 Å². The summed E-state index contributed by atoms with van der Waals surface area (Å²) in [6.45, 7) is 0. The topological polar surface area (TPSA) is 75.7 Å². The molecule has 0 fully saturated rings. The molecule has 0 radical (unpaired) electrons. The van der Waals surface area contributed by atoms with Gasteiger partial charge in [0.1, 0.15) is 5.69 Å². The zero-order valence-electron chi connectivity index (χ0n) is 9.89. The molecular formula is C12H8F3N3O2. The average Bonchev–Trinajstić information content (AvgIpc) is 2.90. The molecule has 0 aliphatic carbocycles. The summed E-state index contributed by atoms with van der Waals surface area (Å²) in [6.07, 6.45) is 0.791. The second-order valence-electron chi connectivity index (χ2n) is 3.43. The molecule has 1 N–H and O–H groups in total. The van der Waals surface area contributed by atoms with Gasteiger partial charge in [-0.05, 0) is 23.8 Å². The van der Waals surface area contributed by atoms with E-state index in [-0.39, 0.29) is 6.15 Å². The molecular weight excluding hydrogens is 275 g/mol. The summed E-state index contributed by atoms with van der Waals surface area (Å²) in [6, 6.07) is 4.89. The molecule has 5 nitrogen and oxygen atoms in total. The highest BCUT2D eigenvalue weighted by atomic mass is 19.4. The van der Waals surface area contributed by atoms with Crippen LogP contribution in [0.5, 0.6) is 0 Å². The summed E-state index contributed by atoms with van der Waals surface area (Å²) < 4.78 is 36.9. The van der Waals surface area contributed by atoms with Crippen molar-refractivity contribution in [3.05, 3.63) is 47.3 Å². The quantitative estimate of drug-likeness (QED) is 0.918. The molecule has 2 rings (SSSR count). The molecule has 8 heteroatoms. The number of hydrogen-bond donors (Lipinski definition) is 1. The number of rotatable bonds is 2. The molecule has 0 bridgehead atoms. The number of nitrogens with one attached hydrogen (secondary N) is 1. The normalized spacial score (nSPS) is 10.8. The van der Waals surface area contributed by atoms with Crippen LogP contribution < -0.4 is 0 Å². The molecule has 0 unspecified atom stereocenters. The largest absolute Gasteiger partial charge is 0.416 e. The van der Waals surface area contributed by atoms with Crippen LogP contribution in [0.15, 0.2) is 30.5 Å². The lowest BCUT2D eigenvalue weighted by Gasteiger charge is -2.05. The fourth-order valence-electron chi connectivity index (χ4n) is 1.26. The van der Waals surface area contributed by atoms with Crippen molar-refractivity contribution in [2.75, 3.05) is 0 Å². The van der Waals surface area contributed by atoms with E-state index in [0.29, 0.717) is 11.3 Å². The van der Waals surface area contributed by atoms with Crippen LogP contribution in [0.4, 0.5) is 13.2 Å². The first-order chi connectivity index (χ1) is 9.47. The van der Waals surface area contributed by atoms with E-state index < -0.39 is 11.7 Å². The SMILES string of the molecule is FC(F)(F)c1ccc(C=Cc2cn[nH]n2)cc1.O=C=O. The van der Waals surface area contributed by atoms with Crippen LogP contribution in [0, 0.1) is 0 Å². The number of hydrogen-bond acceptors (Lipinski definition) is 4. The van der Waals surface area contributed by atoms with Crippen molar-refractivity contribution < 1.29 is 22.8 Å². The first-order valence-corrected chi connectivity index (χ1v) is 5.17. The third-order valence-electron chi connectivity index (χ3n) is 2.12. The Labute approximate surface area is 111 Å². The number of aromatic amines is 1. The van der Waals surface area contributed by atoms with Crippen LogP contribution in [-0.2, 0) is 15.8 Å². The minimum absolute atomic E-state index is 0.250. The van der Waals surface area contributed by atoms with Gasteiger partial charge >= 0.3 is 12.3 Å². The van der Waals surface area contributed by atoms with E-state index in [4.69, 9.17) is 9.59 Å². The van der Waals surface area contributed by atoms with Crippen LogP contribution in [-0.4, -0.2) is 21.6 Å². The van der Waals surface area contributed by atoms with E-state index in [1.165, 1.54) is 18.3 Å². The molecule has 0 saturated heterocycles. The van der Waals surface area contributed by atoms with Crippen molar-refractivity contribution in [3.63, 3.8) is 0 Å². The molecule has 0 spiro atoms. The molecule has 2 aromatic rings. The molecule has 1 aromatic carbocycles. The van der Waals surface area contributed by atoms with Gasteiger partial charge in [-0.15, -0.1) is 0 Å². The highest BCUT2D eigenvalue weighted by molar-refractivity contribution is 5.67. The van der Waals surface area contributed by atoms with Crippen molar-refractivity contribution in [2.24, 2.45) is 0 Å². The Hall–Kier alpha value is -2.73. The summed E-state index contributed by atoms with van der Waals surface area (Å²) in [4.78, 5) is 16.2. The second kappa shape index (κ2) is 7.01. The number of benzene rings is 1. The third kappa shape index (κ3) is 4.87. The van der Waals surface area contributed by atoms with Crippen LogP contribution >= 0.6 is 0 Å². The van der Waals surface area contributed by atoms with Gasteiger partial charge in [0, 0.05) is 0 Å². The predicted octanol–water partition coefficient (Wildman–Crippen LogP) is 2.41. The second-order valence-corrected chi connectivity index (χ2v) is 3.43. The van der Waals surface area contributed by atoms with E-state index in [1.54, 1.807) is 12.2 Å². The number of alkyl halides is 3. The Kier molecular flexibility index (Phi) is 5.37. The summed E-state index contributed by atoms with van der Waals surface area (Å²) in [5.74, 6) is 0. The van der Waals surface area contributed by atoms with Crippen molar-refractivity contribution in [1.82, 2.24) is 15.4 Å². The fraction of sp³-hybridized carbons (Fsp3) is 0.0833. The summed E-state index contributed by atoms with van der Waals surface area (Å²) in [7, 11) is 0. The van der Waals surface area contributed by atoms with Gasteiger partial charge in [0.15, 0.2) is 0 Å². The van der Waals surface area contributed by atoms with E-state index in [9.17, 15) is 13.2 Å². The number of aromatic nitrogens is 3. The van der Waals surface area contributed by atoms with Crippen molar-refractivity contribution >= 4 is 18.3 Å². The monoisotopic (exact) mass is 283 g/mol. The van der Waals surface area contributed by atoms with Gasteiger partial charge in [-0.1, -0.05) is 18.2 Å². The van der Waals surface area contributed by atoms with E-state index in [2.05, 4.69) is 15.4 Å². The zero-order chi connectivity index (χ0) is 15.0. The van der Waals surface area contributed by atoms with Gasteiger partial charge in [-0.2, -0.15) is 38.2 Å². The molecule has 1 aromatic heterocycles.